The Balaban J connectivity index is 1.59. The molecule has 0 aliphatic rings. The maximum atomic E-state index is 12.8. The number of oxazole rings is 1. The molecule has 2 aromatic heterocycles. The number of carbonyl (C=O) groups is 1. The largest absolute Gasteiger partial charge is 0.419 e. The van der Waals surface area contributed by atoms with Crippen LogP contribution in [-0.4, -0.2) is 45.6 Å². The van der Waals surface area contributed by atoms with Gasteiger partial charge in [0.2, 0.25) is 5.91 Å². The zero-order valence-corrected chi connectivity index (χ0v) is 16.6. The van der Waals surface area contributed by atoms with Gasteiger partial charge in [0.25, 0.3) is 0 Å². The molecule has 2 heterocycles. The highest BCUT2D eigenvalue weighted by Gasteiger charge is 2.18. The Morgan fingerprint density at radius 2 is 2.00 bits per heavy atom. The van der Waals surface area contributed by atoms with E-state index in [1.165, 1.54) is 0 Å². The predicted molar refractivity (Wildman–Crippen MR) is 112 cm³/mol. The van der Waals surface area contributed by atoms with Gasteiger partial charge in [-0.3, -0.25) is 9.36 Å². The van der Waals surface area contributed by atoms with Gasteiger partial charge in [-0.05, 0) is 51.4 Å². The van der Waals surface area contributed by atoms with Crippen LogP contribution in [0.25, 0.3) is 22.1 Å². The summed E-state index contributed by atoms with van der Waals surface area (Å²) < 4.78 is 8.73. The van der Waals surface area contributed by atoms with Gasteiger partial charge in [0.05, 0.1) is 22.9 Å². The topological polar surface area (TPSA) is 85.3 Å². The highest BCUT2D eigenvalue weighted by atomic mass is 16.4. The van der Waals surface area contributed by atoms with Crippen LogP contribution in [0.15, 0.2) is 58.0 Å². The zero-order chi connectivity index (χ0) is 20.5. The smallest absolute Gasteiger partial charge is 0.408 e. The summed E-state index contributed by atoms with van der Waals surface area (Å²) in [6, 6.07) is 12.5. The van der Waals surface area contributed by atoms with Crippen molar-refractivity contribution in [1.29, 1.82) is 0 Å². The van der Waals surface area contributed by atoms with Crippen molar-refractivity contribution in [3.8, 4) is 0 Å². The molecule has 0 fully saturated rings. The standard InChI is InChI=1S/C21H23N5O3/c1-14(26-13-22-16-6-4-5-7-17(16)26)20(27)23-15-8-9-19-18(12-15)25(21(28)29-19)11-10-24(2)3/h4-9,12-14H,10-11H2,1-3H3,(H,23,27). The second-order valence-corrected chi connectivity index (χ2v) is 7.31. The van der Waals surface area contributed by atoms with Crippen LogP contribution < -0.4 is 11.1 Å². The lowest BCUT2D eigenvalue weighted by Gasteiger charge is -2.15. The van der Waals surface area contributed by atoms with E-state index in [0.29, 0.717) is 29.9 Å². The van der Waals surface area contributed by atoms with E-state index < -0.39 is 11.8 Å². The van der Waals surface area contributed by atoms with Crippen molar-refractivity contribution < 1.29 is 9.21 Å². The molecule has 29 heavy (non-hydrogen) atoms. The first-order valence-electron chi connectivity index (χ1n) is 9.44. The first-order valence-corrected chi connectivity index (χ1v) is 9.44. The summed E-state index contributed by atoms with van der Waals surface area (Å²) in [5, 5.41) is 2.93. The Labute approximate surface area is 167 Å². The minimum absolute atomic E-state index is 0.168. The van der Waals surface area contributed by atoms with E-state index in [2.05, 4.69) is 10.3 Å². The Kier molecular flexibility index (Phi) is 4.94. The fourth-order valence-corrected chi connectivity index (χ4v) is 3.31. The maximum Gasteiger partial charge on any atom is 0.419 e. The number of para-hydroxylation sites is 2. The van der Waals surface area contributed by atoms with E-state index in [0.717, 1.165) is 11.0 Å². The fourth-order valence-electron chi connectivity index (χ4n) is 3.31. The van der Waals surface area contributed by atoms with E-state index in [1.807, 2.05) is 54.8 Å². The molecule has 0 saturated carbocycles. The number of carbonyl (C=O) groups excluding carboxylic acids is 1. The molecule has 0 spiro atoms. The van der Waals surface area contributed by atoms with Crippen LogP contribution in [-0.2, 0) is 11.3 Å². The number of aromatic nitrogens is 3. The second kappa shape index (κ2) is 7.56. The van der Waals surface area contributed by atoms with Crippen LogP contribution in [0.1, 0.15) is 13.0 Å². The molecule has 1 amide bonds. The third kappa shape index (κ3) is 3.66. The van der Waals surface area contributed by atoms with Crippen LogP contribution in [0.2, 0.25) is 0 Å². The van der Waals surface area contributed by atoms with E-state index in [-0.39, 0.29) is 5.91 Å². The lowest BCUT2D eigenvalue weighted by molar-refractivity contribution is -0.118. The normalized spacial score (nSPS) is 12.7. The van der Waals surface area contributed by atoms with Crippen LogP contribution in [0.3, 0.4) is 0 Å². The van der Waals surface area contributed by atoms with Crippen molar-refractivity contribution in [2.45, 2.75) is 19.5 Å². The van der Waals surface area contributed by atoms with Crippen LogP contribution in [0, 0.1) is 0 Å². The SMILES string of the molecule is CC(C(=O)Nc1ccc2oc(=O)n(CCN(C)C)c2c1)n1cnc2ccccc21. The summed E-state index contributed by atoms with van der Waals surface area (Å²) in [7, 11) is 3.89. The van der Waals surface area contributed by atoms with E-state index in [9.17, 15) is 9.59 Å². The monoisotopic (exact) mass is 393 g/mol. The van der Waals surface area contributed by atoms with Gasteiger partial charge < -0.3 is 19.2 Å². The van der Waals surface area contributed by atoms with Crippen LogP contribution >= 0.6 is 0 Å². The number of nitrogens with zero attached hydrogens (tertiary/aromatic N) is 4. The Morgan fingerprint density at radius 1 is 1.21 bits per heavy atom. The van der Waals surface area contributed by atoms with E-state index in [1.54, 1.807) is 29.1 Å². The molecule has 1 atom stereocenters. The molecular formula is C21H23N5O3. The number of fused-ring (bicyclic) bond motifs is 2. The van der Waals surface area contributed by atoms with Crippen molar-refractivity contribution in [3.05, 3.63) is 59.3 Å². The number of hydrogen-bond donors (Lipinski definition) is 1. The van der Waals surface area contributed by atoms with Crippen molar-refractivity contribution in [2.75, 3.05) is 26.0 Å². The third-order valence-corrected chi connectivity index (χ3v) is 4.98. The Hall–Kier alpha value is -3.39. The molecule has 2 aromatic carbocycles. The molecule has 8 nitrogen and oxygen atoms in total. The van der Waals surface area contributed by atoms with Crippen molar-refractivity contribution in [3.63, 3.8) is 0 Å². The summed E-state index contributed by atoms with van der Waals surface area (Å²) in [5.41, 5.74) is 3.52. The summed E-state index contributed by atoms with van der Waals surface area (Å²) in [6.45, 7) is 3.04. The number of imidazole rings is 1. The average molecular weight is 393 g/mol. The molecule has 0 saturated heterocycles. The summed E-state index contributed by atoms with van der Waals surface area (Å²) in [6.07, 6.45) is 1.67. The Morgan fingerprint density at radius 3 is 2.79 bits per heavy atom. The summed E-state index contributed by atoms with van der Waals surface area (Å²) in [5.74, 6) is -0.568. The van der Waals surface area contributed by atoms with Gasteiger partial charge in [-0.2, -0.15) is 0 Å². The second-order valence-electron chi connectivity index (χ2n) is 7.31. The van der Waals surface area contributed by atoms with Gasteiger partial charge in [0, 0.05) is 18.8 Å². The molecule has 4 aromatic rings. The number of likely N-dealkylation sites (N-methyl/N-ethyl adjacent to an activating group) is 1. The number of benzene rings is 2. The molecule has 1 N–H and O–H groups in total. The fraction of sp³-hybridized carbons (Fsp3) is 0.286. The summed E-state index contributed by atoms with van der Waals surface area (Å²) in [4.78, 5) is 31.3. The zero-order valence-electron chi connectivity index (χ0n) is 16.6. The number of amides is 1. The molecule has 1 unspecified atom stereocenters. The molecule has 0 aliphatic heterocycles. The van der Waals surface area contributed by atoms with Gasteiger partial charge in [-0.1, -0.05) is 12.1 Å². The van der Waals surface area contributed by atoms with E-state index >= 15 is 0 Å². The van der Waals surface area contributed by atoms with Gasteiger partial charge in [0.15, 0.2) is 5.58 Å². The Bertz CT molecular complexity index is 1230. The first kappa shape index (κ1) is 18.9. The lowest BCUT2D eigenvalue weighted by Crippen LogP contribution is -2.24. The number of rotatable bonds is 6. The molecular weight excluding hydrogens is 370 g/mol. The number of anilines is 1. The quantitative estimate of drug-likeness (QED) is 0.544. The number of nitrogens with one attached hydrogen (secondary N) is 1. The third-order valence-electron chi connectivity index (χ3n) is 4.98. The minimum atomic E-state index is -0.446. The molecule has 0 aliphatic carbocycles. The average Bonchev–Trinajstić information content (AvgIpc) is 3.26. The molecule has 8 heteroatoms. The van der Waals surface area contributed by atoms with Crippen molar-refractivity contribution in [1.82, 2.24) is 19.0 Å². The van der Waals surface area contributed by atoms with Crippen LogP contribution in [0.4, 0.5) is 5.69 Å². The van der Waals surface area contributed by atoms with Gasteiger partial charge in [-0.25, -0.2) is 9.78 Å². The van der Waals surface area contributed by atoms with Gasteiger partial charge in [-0.15, -0.1) is 0 Å². The van der Waals surface area contributed by atoms with Crippen molar-refractivity contribution in [2.24, 2.45) is 0 Å². The number of hydrogen-bond acceptors (Lipinski definition) is 5. The van der Waals surface area contributed by atoms with Gasteiger partial charge in [0.1, 0.15) is 6.04 Å². The van der Waals surface area contributed by atoms with Gasteiger partial charge >= 0.3 is 5.76 Å². The highest BCUT2D eigenvalue weighted by Crippen LogP contribution is 2.22. The molecule has 0 radical (unpaired) electrons. The van der Waals surface area contributed by atoms with Crippen LogP contribution in [0.5, 0.6) is 0 Å². The van der Waals surface area contributed by atoms with Crippen molar-refractivity contribution >= 4 is 33.7 Å². The highest BCUT2D eigenvalue weighted by molar-refractivity contribution is 5.96. The predicted octanol–water partition coefficient (Wildman–Crippen LogP) is 2.71. The minimum Gasteiger partial charge on any atom is -0.408 e. The molecule has 150 valence electrons. The lowest BCUT2D eigenvalue weighted by atomic mass is 10.2. The molecule has 0 bridgehead atoms. The maximum absolute atomic E-state index is 12.8. The van der Waals surface area contributed by atoms with E-state index in [4.69, 9.17) is 4.42 Å². The molecule has 4 rings (SSSR count). The first-order chi connectivity index (χ1) is 13.9. The summed E-state index contributed by atoms with van der Waals surface area (Å²) >= 11 is 0.